The van der Waals surface area contributed by atoms with E-state index in [1.54, 1.807) is 52.0 Å². The zero-order chi connectivity index (χ0) is 19.3. The molecule has 142 valence electrons. The quantitative estimate of drug-likeness (QED) is 0.820. The molecule has 0 radical (unpaired) electrons. The molecule has 2 amide bonds. The van der Waals surface area contributed by atoms with Crippen LogP contribution in [-0.4, -0.2) is 49.4 Å². The lowest BCUT2D eigenvalue weighted by Gasteiger charge is -2.25. The lowest BCUT2D eigenvalue weighted by atomic mass is 10.2. The number of anilines is 1. The van der Waals surface area contributed by atoms with E-state index < -0.39 is 29.6 Å². The van der Waals surface area contributed by atoms with Gasteiger partial charge in [-0.05, 0) is 39.8 Å². The van der Waals surface area contributed by atoms with Crippen LogP contribution in [0.15, 0.2) is 24.3 Å². The molecule has 1 aromatic rings. The number of nitrogens with one attached hydrogen (secondary N) is 1. The number of carbonyl (C=O) groups excluding carboxylic acids is 3. The highest BCUT2D eigenvalue weighted by Crippen LogP contribution is 2.31. The van der Waals surface area contributed by atoms with E-state index in [1.165, 1.54) is 4.90 Å². The zero-order valence-corrected chi connectivity index (χ0v) is 15.4. The molecule has 8 nitrogen and oxygen atoms in total. The second kappa shape index (κ2) is 8.07. The number of esters is 1. The number of hydrogen-bond acceptors (Lipinski definition) is 6. The van der Waals surface area contributed by atoms with Crippen molar-refractivity contribution in [3.8, 4) is 5.75 Å². The van der Waals surface area contributed by atoms with Crippen molar-refractivity contribution < 1.29 is 28.6 Å². The van der Waals surface area contributed by atoms with Gasteiger partial charge in [-0.2, -0.15) is 0 Å². The van der Waals surface area contributed by atoms with E-state index in [4.69, 9.17) is 14.2 Å². The van der Waals surface area contributed by atoms with Gasteiger partial charge >= 0.3 is 12.1 Å². The van der Waals surface area contributed by atoms with Gasteiger partial charge in [0.15, 0.2) is 0 Å². The van der Waals surface area contributed by atoms with Gasteiger partial charge in [-0.1, -0.05) is 12.1 Å². The van der Waals surface area contributed by atoms with E-state index in [9.17, 15) is 14.4 Å². The topological polar surface area (TPSA) is 94.2 Å². The monoisotopic (exact) mass is 364 g/mol. The molecule has 1 atom stereocenters. The van der Waals surface area contributed by atoms with Crippen molar-refractivity contribution in [1.82, 2.24) is 5.32 Å². The van der Waals surface area contributed by atoms with Crippen molar-refractivity contribution in [2.45, 2.75) is 39.3 Å². The number of carbonyl (C=O) groups is 3. The van der Waals surface area contributed by atoms with Crippen molar-refractivity contribution in [3.63, 3.8) is 0 Å². The molecular formula is C18H24N2O6. The van der Waals surface area contributed by atoms with E-state index in [0.717, 1.165) is 0 Å². The molecule has 0 aliphatic carbocycles. The summed E-state index contributed by atoms with van der Waals surface area (Å²) in [5.41, 5.74) is -0.259. The number of para-hydroxylation sites is 2. The minimum absolute atomic E-state index is 0.0750. The predicted molar refractivity (Wildman–Crippen MR) is 94.1 cm³/mol. The summed E-state index contributed by atoms with van der Waals surface area (Å²) in [5.74, 6) is -0.582. The number of hydrogen-bond donors (Lipinski definition) is 1. The van der Waals surface area contributed by atoms with Gasteiger partial charge in [-0.3, -0.25) is 14.5 Å². The molecule has 0 aromatic heterocycles. The second-order valence-electron chi connectivity index (χ2n) is 6.71. The summed E-state index contributed by atoms with van der Waals surface area (Å²) in [5, 5.41) is 2.51. The highest BCUT2D eigenvalue weighted by molar-refractivity contribution is 6.03. The van der Waals surface area contributed by atoms with Crippen LogP contribution < -0.4 is 15.0 Å². The summed E-state index contributed by atoms with van der Waals surface area (Å²) >= 11 is 0. The first-order chi connectivity index (χ1) is 12.2. The molecule has 0 saturated heterocycles. The third-order valence-corrected chi connectivity index (χ3v) is 3.41. The average molecular weight is 364 g/mol. The minimum Gasteiger partial charge on any atom is -0.489 e. The van der Waals surface area contributed by atoms with Crippen molar-refractivity contribution in [3.05, 3.63) is 24.3 Å². The van der Waals surface area contributed by atoms with Crippen LogP contribution in [0, 0.1) is 0 Å². The number of fused-ring (bicyclic) bond motifs is 1. The summed E-state index contributed by atoms with van der Waals surface area (Å²) < 4.78 is 15.8. The fourth-order valence-electron chi connectivity index (χ4n) is 2.41. The predicted octanol–water partition coefficient (Wildman–Crippen LogP) is 1.87. The Hall–Kier alpha value is -2.77. The molecule has 8 heteroatoms. The highest BCUT2D eigenvalue weighted by Gasteiger charge is 2.34. The summed E-state index contributed by atoms with van der Waals surface area (Å²) in [6.07, 6.45) is -0.735. The van der Waals surface area contributed by atoms with Crippen molar-refractivity contribution in [2.75, 3.05) is 24.7 Å². The molecule has 26 heavy (non-hydrogen) atoms. The Balaban J connectivity index is 2.23. The van der Waals surface area contributed by atoms with Crippen LogP contribution >= 0.6 is 0 Å². The van der Waals surface area contributed by atoms with Crippen LogP contribution in [0.5, 0.6) is 5.75 Å². The molecule has 2 rings (SSSR count). The first kappa shape index (κ1) is 19.6. The van der Waals surface area contributed by atoms with E-state index in [0.29, 0.717) is 11.4 Å². The fourth-order valence-corrected chi connectivity index (χ4v) is 2.41. The van der Waals surface area contributed by atoms with Crippen molar-refractivity contribution >= 4 is 23.7 Å². The SMILES string of the molecule is CCOC(=O)CN1C(=O)[C@H](NC(=O)OC(C)(C)C)COc2ccccc21. The van der Waals surface area contributed by atoms with Gasteiger partial charge in [0, 0.05) is 0 Å². The summed E-state index contributed by atoms with van der Waals surface area (Å²) in [4.78, 5) is 38.1. The summed E-state index contributed by atoms with van der Waals surface area (Å²) in [7, 11) is 0. The van der Waals surface area contributed by atoms with Gasteiger partial charge in [-0.25, -0.2) is 4.79 Å². The molecule has 0 unspecified atom stereocenters. The van der Waals surface area contributed by atoms with Crippen LogP contribution in [-0.2, 0) is 19.1 Å². The van der Waals surface area contributed by atoms with Crippen molar-refractivity contribution in [1.29, 1.82) is 0 Å². The molecule has 1 aliphatic rings. The van der Waals surface area contributed by atoms with Crippen LogP contribution in [0.2, 0.25) is 0 Å². The smallest absolute Gasteiger partial charge is 0.408 e. The Morgan fingerprint density at radius 3 is 2.65 bits per heavy atom. The van der Waals surface area contributed by atoms with Crippen LogP contribution in [0.25, 0.3) is 0 Å². The lowest BCUT2D eigenvalue weighted by Crippen LogP contribution is -2.52. The highest BCUT2D eigenvalue weighted by atomic mass is 16.6. The molecular weight excluding hydrogens is 340 g/mol. The van der Waals surface area contributed by atoms with Gasteiger partial charge < -0.3 is 19.5 Å². The van der Waals surface area contributed by atoms with Gasteiger partial charge in [0.2, 0.25) is 0 Å². The van der Waals surface area contributed by atoms with Gasteiger partial charge in [0.05, 0.1) is 12.3 Å². The molecule has 0 bridgehead atoms. The molecule has 0 spiro atoms. The summed E-state index contributed by atoms with van der Waals surface area (Å²) in [6, 6.07) is 5.86. The second-order valence-corrected chi connectivity index (χ2v) is 6.71. The summed E-state index contributed by atoms with van der Waals surface area (Å²) in [6.45, 7) is 6.71. The molecule has 1 aliphatic heterocycles. The molecule has 1 heterocycles. The van der Waals surface area contributed by atoms with Gasteiger partial charge in [0.1, 0.15) is 30.5 Å². The standard InChI is InChI=1S/C18H24N2O6/c1-5-24-15(21)10-20-13-8-6-7-9-14(13)25-11-12(16(20)22)19-17(23)26-18(2,3)4/h6-9,12H,5,10-11H2,1-4H3,(H,19,23)/t12-/m1/s1. The molecule has 1 aromatic carbocycles. The Morgan fingerprint density at radius 1 is 1.31 bits per heavy atom. The number of ether oxygens (including phenoxy) is 3. The number of benzene rings is 1. The Labute approximate surface area is 152 Å². The first-order valence-corrected chi connectivity index (χ1v) is 8.39. The van der Waals surface area contributed by atoms with Gasteiger partial charge in [-0.15, -0.1) is 0 Å². The lowest BCUT2D eigenvalue weighted by molar-refractivity contribution is -0.142. The Bertz CT molecular complexity index is 683. The van der Waals surface area contributed by atoms with E-state index in [1.807, 2.05) is 0 Å². The van der Waals surface area contributed by atoms with E-state index in [-0.39, 0.29) is 19.8 Å². The first-order valence-electron chi connectivity index (χ1n) is 8.39. The maximum Gasteiger partial charge on any atom is 0.408 e. The third kappa shape index (κ3) is 5.11. The van der Waals surface area contributed by atoms with Crippen molar-refractivity contribution in [2.24, 2.45) is 0 Å². The maximum absolute atomic E-state index is 12.9. The minimum atomic E-state index is -0.994. The van der Waals surface area contributed by atoms with Gasteiger partial charge in [0.25, 0.3) is 5.91 Å². The number of alkyl carbamates (subject to hydrolysis) is 1. The average Bonchev–Trinajstić information content (AvgIpc) is 2.66. The van der Waals surface area contributed by atoms with E-state index >= 15 is 0 Å². The Morgan fingerprint density at radius 2 is 2.00 bits per heavy atom. The van der Waals surface area contributed by atoms with Crippen LogP contribution in [0.1, 0.15) is 27.7 Å². The maximum atomic E-state index is 12.9. The number of amides is 2. The van der Waals surface area contributed by atoms with Crippen LogP contribution in [0.4, 0.5) is 10.5 Å². The largest absolute Gasteiger partial charge is 0.489 e. The van der Waals surface area contributed by atoms with E-state index in [2.05, 4.69) is 5.32 Å². The molecule has 1 N–H and O–H groups in total. The van der Waals surface area contributed by atoms with Crippen LogP contribution in [0.3, 0.4) is 0 Å². The zero-order valence-electron chi connectivity index (χ0n) is 15.4. The molecule has 0 saturated carbocycles. The fraction of sp³-hybridized carbons (Fsp3) is 0.500. The normalized spacial score (nSPS) is 16.8. The number of nitrogens with zero attached hydrogens (tertiary/aromatic N) is 1. The molecule has 0 fully saturated rings. The third-order valence-electron chi connectivity index (χ3n) is 3.41. The number of rotatable bonds is 4. The Kier molecular flexibility index (Phi) is 6.07.